The molecule has 196 valence electrons. The van der Waals surface area contributed by atoms with Crippen LogP contribution >= 0.6 is 0 Å². The minimum Gasteiger partial charge on any atom is -0.369 e. The molecule has 8 nitrogen and oxygen atoms in total. The zero-order valence-electron chi connectivity index (χ0n) is 22.3. The second-order valence-electron chi connectivity index (χ2n) is 12.1. The van der Waals surface area contributed by atoms with Crippen molar-refractivity contribution in [2.45, 2.75) is 44.8 Å². The van der Waals surface area contributed by atoms with E-state index in [9.17, 15) is 5.26 Å². The molecule has 0 amide bonds. The highest BCUT2D eigenvalue weighted by Crippen LogP contribution is 2.49. The summed E-state index contributed by atoms with van der Waals surface area (Å²) in [5, 5.41) is 10.6. The van der Waals surface area contributed by atoms with Gasteiger partial charge in [-0.25, -0.2) is 4.98 Å². The molecular formula is C30H36N8. The largest absolute Gasteiger partial charge is 0.369 e. The van der Waals surface area contributed by atoms with Gasteiger partial charge in [0, 0.05) is 86.6 Å². The van der Waals surface area contributed by atoms with Crippen LogP contribution in [-0.2, 0) is 0 Å². The third kappa shape index (κ3) is 3.79. The molecule has 7 rings (SSSR count). The first-order chi connectivity index (χ1) is 18.4. The van der Waals surface area contributed by atoms with Crippen LogP contribution in [0.25, 0.3) is 10.9 Å². The van der Waals surface area contributed by atoms with E-state index < -0.39 is 0 Å². The van der Waals surface area contributed by atoms with Gasteiger partial charge in [-0.3, -0.25) is 9.88 Å². The Morgan fingerprint density at radius 3 is 2.61 bits per heavy atom. The molecule has 5 heterocycles. The number of nitrogens with zero attached hydrogens (tertiary/aromatic N) is 7. The lowest BCUT2D eigenvalue weighted by atomic mass is 9.61. The molecule has 1 saturated carbocycles. The summed E-state index contributed by atoms with van der Waals surface area (Å²) in [6.45, 7) is 11.7. The first-order valence-corrected chi connectivity index (χ1v) is 13.9. The summed E-state index contributed by atoms with van der Waals surface area (Å²) in [6, 6.07) is 14.0. The van der Waals surface area contributed by atoms with Crippen molar-refractivity contribution in [3.8, 4) is 6.07 Å². The van der Waals surface area contributed by atoms with Crippen LogP contribution in [-0.4, -0.2) is 78.8 Å². The topological polar surface area (TPSA) is 88.5 Å². The molecule has 1 aliphatic carbocycles. The average Bonchev–Trinajstić information content (AvgIpc) is 2.88. The molecule has 3 saturated heterocycles. The maximum absolute atomic E-state index is 9.58. The van der Waals surface area contributed by atoms with Crippen LogP contribution in [0.2, 0.25) is 0 Å². The van der Waals surface area contributed by atoms with Crippen molar-refractivity contribution in [2.24, 2.45) is 11.1 Å². The first kappa shape index (κ1) is 23.7. The normalized spacial score (nSPS) is 25.2. The van der Waals surface area contributed by atoms with Crippen LogP contribution in [0, 0.1) is 23.7 Å². The Morgan fingerprint density at radius 2 is 1.84 bits per heavy atom. The second-order valence-corrected chi connectivity index (χ2v) is 12.1. The number of benzene rings is 1. The van der Waals surface area contributed by atoms with E-state index in [4.69, 9.17) is 10.7 Å². The minimum atomic E-state index is 0.406. The van der Waals surface area contributed by atoms with Gasteiger partial charge in [0.05, 0.1) is 23.0 Å². The smallest absolute Gasteiger partial charge is 0.131 e. The molecule has 0 bridgehead atoms. The molecule has 2 N–H and O–H groups in total. The van der Waals surface area contributed by atoms with Crippen LogP contribution in [0.4, 0.5) is 17.2 Å². The van der Waals surface area contributed by atoms with Gasteiger partial charge in [0.2, 0.25) is 0 Å². The number of pyridine rings is 2. The second kappa shape index (κ2) is 8.82. The van der Waals surface area contributed by atoms with Crippen LogP contribution < -0.4 is 20.4 Å². The Labute approximate surface area is 224 Å². The molecule has 3 aromatic rings. The lowest BCUT2D eigenvalue weighted by Gasteiger charge is -2.59. The molecule has 0 unspecified atom stereocenters. The summed E-state index contributed by atoms with van der Waals surface area (Å²) in [5.74, 6) is 1.12. The molecule has 2 atom stereocenters. The van der Waals surface area contributed by atoms with Gasteiger partial charge in [-0.15, -0.1) is 0 Å². The number of nitrogens with two attached hydrogens (primary N) is 1. The predicted molar refractivity (Wildman–Crippen MR) is 152 cm³/mol. The molecule has 3 aliphatic heterocycles. The highest BCUT2D eigenvalue weighted by molar-refractivity contribution is 5.95. The van der Waals surface area contributed by atoms with E-state index in [2.05, 4.69) is 68.9 Å². The number of hydrogen-bond donors (Lipinski definition) is 1. The van der Waals surface area contributed by atoms with E-state index in [1.165, 1.54) is 29.8 Å². The Bertz CT molecular complexity index is 1420. The number of fused-ring (bicyclic) bond motifs is 2. The van der Waals surface area contributed by atoms with E-state index in [1.807, 2.05) is 12.1 Å². The minimum absolute atomic E-state index is 0.406. The fourth-order valence-electron chi connectivity index (χ4n) is 7.59. The molecular weight excluding hydrogens is 472 g/mol. The number of aromatic nitrogens is 2. The van der Waals surface area contributed by atoms with Crippen molar-refractivity contribution in [1.82, 2.24) is 14.9 Å². The molecule has 1 spiro atoms. The summed E-state index contributed by atoms with van der Waals surface area (Å²) in [7, 11) is 0. The summed E-state index contributed by atoms with van der Waals surface area (Å²) in [5.41, 5.74) is 11.6. The molecule has 1 aromatic carbocycles. The lowest BCUT2D eigenvalue weighted by molar-refractivity contribution is 0.0664. The van der Waals surface area contributed by atoms with E-state index in [-0.39, 0.29) is 0 Å². The standard InChI is InChI=1S/C30H36N8/c1-20-10-24(37-18-30(19-37)11-23(32)12-30)14-34-29(20)35-8-9-38-21(2)15-36(17-25(38)16-35)27-6-5-22(13-31)28-26(27)4-3-7-33-28/h3-7,10,14,21,23,25H,8-9,11-12,15-19,32H2,1-2H3/t21-,25+/m1/s1. The maximum atomic E-state index is 9.58. The molecule has 2 aromatic heterocycles. The summed E-state index contributed by atoms with van der Waals surface area (Å²) >= 11 is 0. The summed E-state index contributed by atoms with van der Waals surface area (Å²) in [6.07, 6.45) is 6.19. The van der Waals surface area contributed by atoms with Crippen molar-refractivity contribution >= 4 is 28.1 Å². The predicted octanol–water partition coefficient (Wildman–Crippen LogP) is 3.14. The van der Waals surface area contributed by atoms with Gasteiger partial charge in [-0.05, 0) is 62.6 Å². The highest BCUT2D eigenvalue weighted by Gasteiger charge is 2.51. The van der Waals surface area contributed by atoms with Gasteiger partial charge >= 0.3 is 0 Å². The van der Waals surface area contributed by atoms with Crippen LogP contribution in [0.15, 0.2) is 42.7 Å². The zero-order chi connectivity index (χ0) is 26.0. The molecule has 4 fully saturated rings. The van der Waals surface area contributed by atoms with Crippen LogP contribution in [0.1, 0.15) is 30.9 Å². The third-order valence-electron chi connectivity index (χ3n) is 9.36. The highest BCUT2D eigenvalue weighted by atomic mass is 15.4. The Morgan fingerprint density at radius 1 is 1.03 bits per heavy atom. The van der Waals surface area contributed by atoms with Crippen molar-refractivity contribution in [3.63, 3.8) is 0 Å². The lowest BCUT2D eigenvalue weighted by Crippen LogP contribution is -2.65. The molecule has 0 radical (unpaired) electrons. The first-order valence-electron chi connectivity index (χ1n) is 13.9. The number of anilines is 3. The maximum Gasteiger partial charge on any atom is 0.131 e. The van der Waals surface area contributed by atoms with E-state index >= 15 is 0 Å². The van der Waals surface area contributed by atoms with Gasteiger partial charge in [0.1, 0.15) is 11.9 Å². The Kier molecular flexibility index (Phi) is 5.50. The van der Waals surface area contributed by atoms with Crippen LogP contribution in [0.5, 0.6) is 0 Å². The fraction of sp³-hybridized carbons (Fsp3) is 0.500. The number of rotatable bonds is 3. The third-order valence-corrected chi connectivity index (χ3v) is 9.36. The number of nitriles is 1. The van der Waals surface area contributed by atoms with Crippen molar-refractivity contribution in [3.05, 3.63) is 53.9 Å². The van der Waals surface area contributed by atoms with E-state index in [1.54, 1.807) is 6.20 Å². The molecule has 4 aliphatic rings. The van der Waals surface area contributed by atoms with Crippen molar-refractivity contribution in [1.29, 1.82) is 5.26 Å². The molecule has 38 heavy (non-hydrogen) atoms. The SMILES string of the molecule is Cc1cc(N2CC3(CC(N)C3)C2)cnc1N1CCN2[C@@H](C1)CN(c1ccc(C#N)c3ncccc13)C[C@H]2C. The average molecular weight is 509 g/mol. The van der Waals surface area contributed by atoms with Gasteiger partial charge in [-0.1, -0.05) is 0 Å². The Balaban J connectivity index is 1.09. The van der Waals surface area contributed by atoms with E-state index in [0.717, 1.165) is 62.5 Å². The summed E-state index contributed by atoms with van der Waals surface area (Å²) in [4.78, 5) is 19.6. The van der Waals surface area contributed by atoms with Gasteiger partial charge in [0.15, 0.2) is 0 Å². The van der Waals surface area contributed by atoms with Gasteiger partial charge in [-0.2, -0.15) is 5.26 Å². The number of aryl methyl sites for hydroxylation is 1. The number of hydrogen-bond acceptors (Lipinski definition) is 8. The van der Waals surface area contributed by atoms with Crippen molar-refractivity contribution < 1.29 is 0 Å². The van der Waals surface area contributed by atoms with E-state index in [0.29, 0.717) is 29.1 Å². The number of piperazine rings is 2. The summed E-state index contributed by atoms with van der Waals surface area (Å²) < 4.78 is 0. The van der Waals surface area contributed by atoms with Crippen LogP contribution in [0.3, 0.4) is 0 Å². The van der Waals surface area contributed by atoms with Crippen molar-refractivity contribution in [2.75, 3.05) is 60.5 Å². The monoisotopic (exact) mass is 508 g/mol. The Hall–Kier alpha value is -3.41. The van der Waals surface area contributed by atoms with Gasteiger partial charge in [0.25, 0.3) is 0 Å². The quantitative estimate of drug-likeness (QED) is 0.577. The van der Waals surface area contributed by atoms with Gasteiger partial charge < -0.3 is 20.4 Å². The fourth-order valence-corrected chi connectivity index (χ4v) is 7.59. The molecule has 8 heteroatoms. The zero-order valence-corrected chi connectivity index (χ0v) is 22.3.